The van der Waals surface area contributed by atoms with Crippen molar-refractivity contribution in [2.75, 3.05) is 33.4 Å². The molecular weight excluding hydrogens is 383 g/mol. The monoisotopic (exact) mass is 414 g/mol. The molecule has 152 valence electrons. The van der Waals surface area contributed by atoms with E-state index < -0.39 is 0 Å². The van der Waals surface area contributed by atoms with Crippen molar-refractivity contribution in [1.29, 1.82) is 0 Å². The lowest BCUT2D eigenvalue weighted by atomic mass is 9.77. The first kappa shape index (κ1) is 22.5. The van der Waals surface area contributed by atoms with E-state index in [1.54, 1.807) is 7.11 Å². The number of carbonyl (C=O) groups is 1. The number of amides is 1. The lowest BCUT2D eigenvalue weighted by molar-refractivity contribution is -0.131. The second kappa shape index (κ2) is 10.1. The third-order valence-corrected chi connectivity index (χ3v) is 6.45. The van der Waals surface area contributed by atoms with Crippen LogP contribution in [-0.2, 0) is 16.0 Å². The average Bonchev–Trinajstić information content (AvgIpc) is 3.10. The predicted molar refractivity (Wildman–Crippen MR) is 113 cm³/mol. The molecule has 0 radical (unpaired) electrons. The smallest absolute Gasteiger partial charge is 0.226 e. The van der Waals surface area contributed by atoms with Gasteiger partial charge >= 0.3 is 0 Å². The fourth-order valence-electron chi connectivity index (χ4n) is 4.66. The van der Waals surface area contributed by atoms with Crippen LogP contribution in [0.1, 0.15) is 44.1 Å². The highest BCUT2D eigenvalue weighted by atomic mass is 35.5. The Bertz CT molecular complexity index is 606. The zero-order valence-electron chi connectivity index (χ0n) is 16.2. The van der Waals surface area contributed by atoms with Crippen molar-refractivity contribution in [2.24, 2.45) is 10.8 Å². The van der Waals surface area contributed by atoms with Crippen molar-refractivity contribution < 1.29 is 9.53 Å². The Morgan fingerprint density at radius 1 is 1.22 bits per heavy atom. The van der Waals surface area contributed by atoms with E-state index in [1.165, 1.54) is 0 Å². The van der Waals surface area contributed by atoms with Crippen molar-refractivity contribution in [2.45, 2.75) is 44.9 Å². The van der Waals surface area contributed by atoms with E-state index in [-0.39, 0.29) is 29.1 Å². The Labute approximate surface area is 174 Å². The molecule has 2 aliphatic rings. The number of rotatable bonds is 7. The minimum absolute atomic E-state index is 0. The molecule has 2 fully saturated rings. The number of ether oxygens (including phenoxy) is 1. The Morgan fingerprint density at radius 3 is 2.56 bits per heavy atom. The van der Waals surface area contributed by atoms with Crippen LogP contribution in [0.2, 0.25) is 5.02 Å². The van der Waals surface area contributed by atoms with Gasteiger partial charge in [-0.2, -0.15) is 0 Å². The number of nitrogens with one attached hydrogen (secondary N) is 2. The Hall–Kier alpha value is -0.810. The molecule has 1 heterocycles. The summed E-state index contributed by atoms with van der Waals surface area (Å²) in [5.74, 6) is 0.212. The molecule has 1 aromatic carbocycles. The first-order valence-corrected chi connectivity index (χ1v) is 10.2. The van der Waals surface area contributed by atoms with E-state index in [2.05, 4.69) is 16.7 Å². The van der Waals surface area contributed by atoms with E-state index in [0.29, 0.717) is 13.2 Å². The number of methoxy groups -OCH3 is 1. The Kier molecular flexibility index (Phi) is 8.41. The van der Waals surface area contributed by atoms with E-state index in [9.17, 15) is 4.79 Å². The summed E-state index contributed by atoms with van der Waals surface area (Å²) in [4.78, 5) is 13.2. The number of hydrogen-bond acceptors (Lipinski definition) is 3. The fourth-order valence-corrected chi connectivity index (χ4v) is 4.88. The number of halogens is 2. The molecule has 27 heavy (non-hydrogen) atoms. The number of benzene rings is 1. The molecule has 1 aliphatic heterocycles. The highest BCUT2D eigenvalue weighted by Crippen LogP contribution is 2.42. The van der Waals surface area contributed by atoms with Gasteiger partial charge in [0.05, 0.1) is 12.0 Å². The second-order valence-corrected chi connectivity index (χ2v) is 8.60. The molecule has 4 nitrogen and oxygen atoms in total. The van der Waals surface area contributed by atoms with Gasteiger partial charge in [0.25, 0.3) is 0 Å². The molecule has 6 heteroatoms. The minimum Gasteiger partial charge on any atom is -0.384 e. The van der Waals surface area contributed by atoms with E-state index in [0.717, 1.165) is 68.6 Å². The van der Waals surface area contributed by atoms with Crippen LogP contribution in [0, 0.1) is 10.8 Å². The molecule has 2 N–H and O–H groups in total. The Morgan fingerprint density at radius 2 is 1.93 bits per heavy atom. The van der Waals surface area contributed by atoms with Crippen molar-refractivity contribution >= 4 is 29.9 Å². The quantitative estimate of drug-likeness (QED) is 0.708. The summed E-state index contributed by atoms with van der Waals surface area (Å²) >= 11 is 6.15. The van der Waals surface area contributed by atoms with Crippen LogP contribution < -0.4 is 10.6 Å². The first-order valence-electron chi connectivity index (χ1n) is 9.80. The summed E-state index contributed by atoms with van der Waals surface area (Å²) in [6, 6.07) is 7.94. The normalized spacial score (nSPS) is 20.7. The summed E-state index contributed by atoms with van der Waals surface area (Å²) in [7, 11) is 1.75. The molecule has 0 atom stereocenters. The van der Waals surface area contributed by atoms with Gasteiger partial charge in [0.2, 0.25) is 5.91 Å². The van der Waals surface area contributed by atoms with Gasteiger partial charge in [-0.25, -0.2) is 0 Å². The molecule has 1 saturated carbocycles. The van der Waals surface area contributed by atoms with Gasteiger partial charge in [0.15, 0.2) is 0 Å². The molecule has 1 amide bonds. The fraction of sp³-hybridized carbons (Fsp3) is 0.667. The zero-order chi connectivity index (χ0) is 18.5. The molecule has 0 bridgehead atoms. The largest absolute Gasteiger partial charge is 0.384 e. The maximum absolute atomic E-state index is 13.2. The van der Waals surface area contributed by atoms with Crippen LogP contribution >= 0.6 is 24.0 Å². The summed E-state index contributed by atoms with van der Waals surface area (Å²) in [5.41, 5.74) is 0.931. The standard InChI is InChI=1S/C21H31ClN2O2.ClH/c1-26-16-20(9-11-23-12-10-20)15-24-19(25)21(7-2-3-8-21)14-17-5-4-6-18(22)13-17;/h4-6,13,23H,2-3,7-12,14-16H2,1H3,(H,24,25);1H. The van der Waals surface area contributed by atoms with Gasteiger partial charge in [-0.05, 0) is 62.9 Å². The molecule has 0 spiro atoms. The third kappa shape index (κ3) is 5.60. The SMILES string of the molecule is COCC1(CNC(=O)C2(Cc3cccc(Cl)c3)CCCC2)CCNCC1.Cl. The van der Waals surface area contributed by atoms with Gasteiger partial charge in [-0.1, -0.05) is 36.6 Å². The van der Waals surface area contributed by atoms with Gasteiger partial charge in [0.1, 0.15) is 0 Å². The maximum atomic E-state index is 13.2. The van der Waals surface area contributed by atoms with E-state index in [1.807, 2.05) is 18.2 Å². The van der Waals surface area contributed by atoms with E-state index in [4.69, 9.17) is 16.3 Å². The molecule has 1 aromatic rings. The lowest BCUT2D eigenvalue weighted by Crippen LogP contribution is -2.50. The number of hydrogen-bond donors (Lipinski definition) is 2. The number of carbonyl (C=O) groups excluding carboxylic acids is 1. The second-order valence-electron chi connectivity index (χ2n) is 8.16. The summed E-state index contributed by atoms with van der Waals surface area (Å²) in [5, 5.41) is 7.46. The van der Waals surface area contributed by atoms with Crippen molar-refractivity contribution in [3.05, 3.63) is 34.9 Å². The van der Waals surface area contributed by atoms with Crippen LogP contribution in [0.15, 0.2) is 24.3 Å². The summed E-state index contributed by atoms with van der Waals surface area (Å²) in [6.45, 7) is 3.40. The van der Waals surface area contributed by atoms with Crippen LogP contribution in [0.5, 0.6) is 0 Å². The summed E-state index contributed by atoms with van der Waals surface area (Å²) in [6.07, 6.45) is 7.04. The molecular formula is C21H32Cl2N2O2. The molecule has 1 aliphatic carbocycles. The maximum Gasteiger partial charge on any atom is 0.226 e. The van der Waals surface area contributed by atoms with Crippen LogP contribution in [-0.4, -0.2) is 39.3 Å². The molecule has 1 saturated heterocycles. The van der Waals surface area contributed by atoms with Crippen molar-refractivity contribution in [3.63, 3.8) is 0 Å². The zero-order valence-corrected chi connectivity index (χ0v) is 17.8. The average molecular weight is 415 g/mol. The highest BCUT2D eigenvalue weighted by Gasteiger charge is 2.42. The Balaban J connectivity index is 0.00000261. The van der Waals surface area contributed by atoms with Crippen LogP contribution in [0.3, 0.4) is 0 Å². The van der Waals surface area contributed by atoms with Crippen LogP contribution in [0.4, 0.5) is 0 Å². The predicted octanol–water partition coefficient (Wildman–Crippen LogP) is 4.00. The van der Waals surface area contributed by atoms with E-state index >= 15 is 0 Å². The number of piperidine rings is 1. The van der Waals surface area contributed by atoms with Crippen molar-refractivity contribution in [3.8, 4) is 0 Å². The highest BCUT2D eigenvalue weighted by molar-refractivity contribution is 6.30. The first-order chi connectivity index (χ1) is 12.6. The van der Waals surface area contributed by atoms with Gasteiger partial charge in [-0.3, -0.25) is 4.79 Å². The third-order valence-electron chi connectivity index (χ3n) is 6.21. The minimum atomic E-state index is -0.286. The van der Waals surface area contributed by atoms with Gasteiger partial charge < -0.3 is 15.4 Å². The molecule has 0 aromatic heterocycles. The lowest BCUT2D eigenvalue weighted by Gasteiger charge is -2.38. The van der Waals surface area contributed by atoms with Gasteiger partial charge in [0, 0.05) is 24.1 Å². The van der Waals surface area contributed by atoms with Gasteiger partial charge in [-0.15, -0.1) is 12.4 Å². The molecule has 3 rings (SSSR count). The molecule has 0 unspecified atom stereocenters. The topological polar surface area (TPSA) is 50.4 Å². The van der Waals surface area contributed by atoms with Crippen molar-refractivity contribution in [1.82, 2.24) is 10.6 Å². The summed E-state index contributed by atoms with van der Waals surface area (Å²) < 4.78 is 5.48. The van der Waals surface area contributed by atoms with Crippen LogP contribution in [0.25, 0.3) is 0 Å².